The van der Waals surface area contributed by atoms with Gasteiger partial charge >= 0.3 is 6.03 Å². The number of imidazole rings is 1. The average molecular weight is 364 g/mol. The molecule has 140 valence electrons. The molecule has 0 unspecified atom stereocenters. The number of hydrogen-bond acceptors (Lipinski definition) is 3. The second-order valence-electron chi connectivity index (χ2n) is 7.11. The van der Waals surface area contributed by atoms with E-state index in [9.17, 15) is 4.79 Å². The molecule has 0 radical (unpaired) electrons. The van der Waals surface area contributed by atoms with Gasteiger partial charge in [0.1, 0.15) is 11.6 Å². The molecule has 1 aliphatic carbocycles. The van der Waals surface area contributed by atoms with E-state index < -0.39 is 0 Å². The molecular formula is C20H24N6O. The van der Waals surface area contributed by atoms with Gasteiger partial charge in [0.25, 0.3) is 0 Å². The summed E-state index contributed by atoms with van der Waals surface area (Å²) in [6, 6.07) is 9.66. The number of amides is 2. The molecule has 1 aliphatic rings. The molecule has 1 atom stereocenters. The van der Waals surface area contributed by atoms with Crippen molar-refractivity contribution in [2.75, 3.05) is 5.32 Å². The second-order valence-corrected chi connectivity index (χ2v) is 7.11. The van der Waals surface area contributed by atoms with Crippen LogP contribution in [-0.4, -0.2) is 25.4 Å². The van der Waals surface area contributed by atoms with Crippen LogP contribution in [0, 0.1) is 12.8 Å². The minimum atomic E-state index is -0.241. The van der Waals surface area contributed by atoms with Crippen LogP contribution in [0.25, 0.3) is 11.1 Å². The number of nitrogens with one attached hydrogen (secondary N) is 2. The van der Waals surface area contributed by atoms with E-state index in [1.807, 2.05) is 62.1 Å². The van der Waals surface area contributed by atoms with Crippen molar-refractivity contribution in [3.05, 3.63) is 54.2 Å². The fourth-order valence-corrected chi connectivity index (χ4v) is 3.54. The molecular weight excluding hydrogens is 340 g/mol. The number of anilines is 1. The third-order valence-electron chi connectivity index (χ3n) is 5.03. The van der Waals surface area contributed by atoms with Crippen molar-refractivity contribution in [1.82, 2.24) is 24.6 Å². The Morgan fingerprint density at radius 2 is 1.96 bits per heavy atom. The topological polar surface area (TPSA) is 76.8 Å². The van der Waals surface area contributed by atoms with Gasteiger partial charge in [-0.25, -0.2) is 9.78 Å². The molecule has 1 fully saturated rings. The van der Waals surface area contributed by atoms with Crippen LogP contribution in [0.1, 0.15) is 30.4 Å². The van der Waals surface area contributed by atoms with Gasteiger partial charge in [0, 0.05) is 32.1 Å². The van der Waals surface area contributed by atoms with Gasteiger partial charge in [-0.05, 0) is 31.2 Å². The van der Waals surface area contributed by atoms with Crippen LogP contribution >= 0.6 is 0 Å². The third kappa shape index (κ3) is 3.45. The minimum absolute atomic E-state index is 0.0838. The Balaban J connectivity index is 1.57. The Bertz CT molecular complexity index is 954. The van der Waals surface area contributed by atoms with Gasteiger partial charge in [-0.3, -0.25) is 10.00 Å². The Hall–Kier alpha value is -3.09. The van der Waals surface area contributed by atoms with Crippen molar-refractivity contribution >= 4 is 11.8 Å². The first kappa shape index (κ1) is 17.3. The summed E-state index contributed by atoms with van der Waals surface area (Å²) in [5, 5.41) is 10.6. The highest BCUT2D eigenvalue weighted by atomic mass is 16.2. The maximum atomic E-state index is 12.8. The molecule has 2 amide bonds. The Labute approximate surface area is 158 Å². The lowest BCUT2D eigenvalue weighted by Crippen LogP contribution is -2.35. The van der Waals surface area contributed by atoms with Crippen LogP contribution < -0.4 is 10.6 Å². The number of nitrogens with zero attached hydrogens (tertiary/aromatic N) is 4. The van der Waals surface area contributed by atoms with Gasteiger partial charge in [0.2, 0.25) is 0 Å². The summed E-state index contributed by atoms with van der Waals surface area (Å²) in [6.45, 7) is 1.95. The van der Waals surface area contributed by atoms with Gasteiger partial charge in [-0.1, -0.05) is 30.3 Å². The molecule has 2 N–H and O–H groups in total. The summed E-state index contributed by atoms with van der Waals surface area (Å²) in [5.74, 6) is 2.02. The summed E-state index contributed by atoms with van der Waals surface area (Å²) in [7, 11) is 3.79. The molecule has 7 nitrogen and oxygen atoms in total. The van der Waals surface area contributed by atoms with Crippen molar-refractivity contribution in [1.29, 1.82) is 0 Å². The van der Waals surface area contributed by atoms with E-state index in [0.717, 1.165) is 35.5 Å². The highest BCUT2D eigenvalue weighted by molar-refractivity contribution is 5.94. The molecule has 1 aromatic carbocycles. The average Bonchev–Trinajstić information content (AvgIpc) is 3.34. The van der Waals surface area contributed by atoms with Gasteiger partial charge < -0.3 is 9.88 Å². The number of rotatable bonds is 5. The van der Waals surface area contributed by atoms with Crippen LogP contribution in [0.5, 0.6) is 0 Å². The zero-order valence-corrected chi connectivity index (χ0v) is 15.8. The fourth-order valence-electron chi connectivity index (χ4n) is 3.54. The van der Waals surface area contributed by atoms with E-state index in [4.69, 9.17) is 0 Å². The summed E-state index contributed by atoms with van der Waals surface area (Å²) >= 11 is 0. The summed E-state index contributed by atoms with van der Waals surface area (Å²) < 4.78 is 3.68. The van der Waals surface area contributed by atoms with Crippen LogP contribution in [0.2, 0.25) is 0 Å². The van der Waals surface area contributed by atoms with Crippen molar-refractivity contribution in [2.45, 2.75) is 25.8 Å². The Morgan fingerprint density at radius 3 is 2.59 bits per heavy atom. The molecule has 0 bridgehead atoms. The summed E-state index contributed by atoms with van der Waals surface area (Å²) in [4.78, 5) is 17.2. The molecule has 2 aromatic heterocycles. The number of aromatic nitrogens is 4. The molecule has 4 rings (SSSR count). The van der Waals surface area contributed by atoms with Gasteiger partial charge in [0.15, 0.2) is 0 Å². The first-order valence-corrected chi connectivity index (χ1v) is 9.18. The molecule has 7 heteroatoms. The summed E-state index contributed by atoms with van der Waals surface area (Å²) in [5.41, 5.74) is 2.84. The van der Waals surface area contributed by atoms with E-state index in [0.29, 0.717) is 11.7 Å². The van der Waals surface area contributed by atoms with E-state index in [1.165, 1.54) is 0 Å². The van der Waals surface area contributed by atoms with Crippen molar-refractivity contribution in [3.8, 4) is 11.1 Å². The molecule has 1 saturated carbocycles. The predicted molar refractivity (Wildman–Crippen MR) is 104 cm³/mol. The lowest BCUT2D eigenvalue weighted by molar-refractivity contribution is 0.246. The summed E-state index contributed by atoms with van der Waals surface area (Å²) in [6.07, 6.45) is 5.89. The standard InChI is InChI=1S/C20H24N6O/c1-13-16(14-7-5-4-6-8-14)18(26(3)24-13)23-20(27)22-17(15-9-10-15)19-21-11-12-25(19)2/h4-8,11-12,15,17H,9-10H2,1-3H3,(H2,22,23,27)/t17-/m1/s1. The smallest absolute Gasteiger partial charge is 0.321 e. The van der Waals surface area contributed by atoms with E-state index >= 15 is 0 Å². The van der Waals surface area contributed by atoms with Gasteiger partial charge in [-0.2, -0.15) is 5.10 Å². The second kappa shape index (κ2) is 6.90. The quantitative estimate of drug-likeness (QED) is 0.728. The first-order chi connectivity index (χ1) is 13.0. The van der Waals surface area contributed by atoms with E-state index in [2.05, 4.69) is 20.7 Å². The van der Waals surface area contributed by atoms with Gasteiger partial charge in [0.05, 0.1) is 11.7 Å². The maximum Gasteiger partial charge on any atom is 0.321 e. The van der Waals surface area contributed by atoms with E-state index in [1.54, 1.807) is 10.9 Å². The van der Waals surface area contributed by atoms with Crippen molar-refractivity contribution in [3.63, 3.8) is 0 Å². The monoisotopic (exact) mass is 364 g/mol. The Kier molecular flexibility index (Phi) is 4.43. The van der Waals surface area contributed by atoms with Gasteiger partial charge in [-0.15, -0.1) is 0 Å². The Morgan fingerprint density at radius 1 is 1.22 bits per heavy atom. The highest BCUT2D eigenvalue weighted by Crippen LogP contribution is 2.40. The van der Waals surface area contributed by atoms with Crippen LogP contribution in [-0.2, 0) is 14.1 Å². The molecule has 27 heavy (non-hydrogen) atoms. The largest absolute Gasteiger partial charge is 0.336 e. The molecule has 0 spiro atoms. The fraction of sp³-hybridized carbons (Fsp3) is 0.350. The van der Waals surface area contributed by atoms with Crippen LogP contribution in [0.15, 0.2) is 42.7 Å². The van der Waals surface area contributed by atoms with Crippen molar-refractivity contribution in [2.24, 2.45) is 20.0 Å². The number of urea groups is 1. The highest BCUT2D eigenvalue weighted by Gasteiger charge is 2.36. The number of hydrogen-bond donors (Lipinski definition) is 2. The SMILES string of the molecule is Cc1nn(C)c(NC(=O)N[C@@H](c2nccn2C)C2CC2)c1-c1ccccc1. The zero-order chi connectivity index (χ0) is 19.0. The number of carbonyl (C=O) groups is 1. The predicted octanol–water partition coefficient (Wildman–Crippen LogP) is 3.40. The lowest BCUT2D eigenvalue weighted by atomic mass is 10.1. The first-order valence-electron chi connectivity index (χ1n) is 9.18. The number of aryl methyl sites for hydroxylation is 3. The minimum Gasteiger partial charge on any atom is -0.336 e. The normalized spacial score (nSPS) is 14.8. The van der Waals surface area contributed by atoms with Crippen LogP contribution in [0.4, 0.5) is 10.6 Å². The molecule has 0 saturated heterocycles. The van der Waals surface area contributed by atoms with Crippen molar-refractivity contribution < 1.29 is 4.79 Å². The lowest BCUT2D eigenvalue weighted by Gasteiger charge is -2.19. The number of benzene rings is 1. The number of carbonyl (C=O) groups excluding carboxylic acids is 1. The molecule has 2 heterocycles. The zero-order valence-electron chi connectivity index (χ0n) is 15.8. The third-order valence-corrected chi connectivity index (χ3v) is 5.03. The maximum absolute atomic E-state index is 12.8. The van der Waals surface area contributed by atoms with E-state index in [-0.39, 0.29) is 12.1 Å². The van der Waals surface area contributed by atoms with Crippen LogP contribution in [0.3, 0.4) is 0 Å². The molecule has 3 aromatic rings. The molecule has 0 aliphatic heterocycles.